The molecular formula is C8H8N4O. The van der Waals surface area contributed by atoms with Gasteiger partial charge in [0.15, 0.2) is 5.82 Å². The normalized spacial score (nSPS) is 10.2. The van der Waals surface area contributed by atoms with Crippen LogP contribution in [0, 0.1) is 6.92 Å². The van der Waals surface area contributed by atoms with Gasteiger partial charge in [-0.1, -0.05) is 0 Å². The Morgan fingerprint density at radius 2 is 2.31 bits per heavy atom. The maximum atomic E-state index is 11.1. The van der Waals surface area contributed by atoms with Gasteiger partial charge in [0, 0.05) is 18.0 Å². The second kappa shape index (κ2) is 2.85. The molecule has 0 unspecified atom stereocenters. The van der Waals surface area contributed by atoms with Crippen molar-refractivity contribution in [3.63, 3.8) is 0 Å². The highest BCUT2D eigenvalue weighted by Gasteiger charge is 2.01. The minimum Gasteiger partial charge on any atom is -0.305 e. The van der Waals surface area contributed by atoms with Crippen molar-refractivity contribution < 1.29 is 0 Å². The van der Waals surface area contributed by atoms with Gasteiger partial charge in [0.2, 0.25) is 0 Å². The molecular weight excluding hydrogens is 168 g/mol. The summed E-state index contributed by atoms with van der Waals surface area (Å²) in [6, 6.07) is 3.19. The lowest BCUT2D eigenvalue weighted by atomic mass is 10.4. The van der Waals surface area contributed by atoms with Gasteiger partial charge in [0.05, 0.1) is 0 Å². The topological polar surface area (TPSA) is 74.4 Å². The molecule has 66 valence electrons. The number of nitrogens with zero attached hydrogens (tertiary/aromatic N) is 2. The Bertz CT molecular complexity index is 457. The van der Waals surface area contributed by atoms with Gasteiger partial charge >= 0.3 is 0 Å². The van der Waals surface area contributed by atoms with E-state index >= 15 is 0 Å². The molecule has 2 aromatic heterocycles. The molecule has 5 nitrogen and oxygen atoms in total. The Morgan fingerprint density at radius 3 is 2.92 bits per heavy atom. The number of aromatic nitrogens is 4. The molecule has 0 aliphatic rings. The largest absolute Gasteiger partial charge is 0.305 e. The van der Waals surface area contributed by atoms with Crippen LogP contribution in [0.25, 0.3) is 11.5 Å². The highest BCUT2D eigenvalue weighted by atomic mass is 16.1. The van der Waals surface area contributed by atoms with Gasteiger partial charge in [-0.2, -0.15) is 5.10 Å². The summed E-state index contributed by atoms with van der Waals surface area (Å²) in [6.07, 6.45) is 1.61. The summed E-state index contributed by atoms with van der Waals surface area (Å²) in [7, 11) is 0. The highest BCUT2D eigenvalue weighted by Crippen LogP contribution is 2.07. The predicted molar refractivity (Wildman–Crippen MR) is 47.2 cm³/mol. The van der Waals surface area contributed by atoms with Crippen molar-refractivity contribution in [2.45, 2.75) is 6.92 Å². The van der Waals surface area contributed by atoms with E-state index in [1.54, 1.807) is 19.2 Å². The molecule has 0 aliphatic carbocycles. The number of H-pyrrole nitrogens is 2. The molecule has 2 heterocycles. The number of hydrogen-bond acceptors (Lipinski definition) is 3. The Hall–Kier alpha value is -1.91. The van der Waals surface area contributed by atoms with Gasteiger partial charge in [-0.15, -0.1) is 0 Å². The van der Waals surface area contributed by atoms with Crippen molar-refractivity contribution in [3.05, 3.63) is 34.4 Å². The van der Waals surface area contributed by atoms with E-state index in [0.717, 1.165) is 0 Å². The first-order chi connectivity index (χ1) is 6.25. The first kappa shape index (κ1) is 7.72. The van der Waals surface area contributed by atoms with Crippen molar-refractivity contribution in [3.8, 4) is 11.5 Å². The molecule has 2 N–H and O–H groups in total. The van der Waals surface area contributed by atoms with E-state index in [4.69, 9.17) is 0 Å². The third kappa shape index (κ3) is 1.48. The van der Waals surface area contributed by atoms with E-state index in [1.807, 2.05) is 0 Å². The fourth-order valence-corrected chi connectivity index (χ4v) is 1.09. The van der Waals surface area contributed by atoms with Crippen molar-refractivity contribution in [2.24, 2.45) is 0 Å². The van der Waals surface area contributed by atoms with Crippen LogP contribution in [0.2, 0.25) is 0 Å². The minimum absolute atomic E-state index is 0.155. The summed E-state index contributed by atoms with van der Waals surface area (Å²) in [4.78, 5) is 17.8. The van der Waals surface area contributed by atoms with Crippen LogP contribution in [0.5, 0.6) is 0 Å². The van der Waals surface area contributed by atoms with E-state index in [2.05, 4.69) is 20.2 Å². The molecule has 2 aromatic rings. The fourth-order valence-electron chi connectivity index (χ4n) is 1.09. The van der Waals surface area contributed by atoms with Gasteiger partial charge in [-0.3, -0.25) is 9.89 Å². The van der Waals surface area contributed by atoms with E-state index in [0.29, 0.717) is 17.2 Å². The zero-order valence-electron chi connectivity index (χ0n) is 7.03. The van der Waals surface area contributed by atoms with Crippen LogP contribution in [0.4, 0.5) is 0 Å². The lowest BCUT2D eigenvalue weighted by molar-refractivity contribution is 1.03. The van der Waals surface area contributed by atoms with Crippen LogP contribution >= 0.6 is 0 Å². The Morgan fingerprint density at radius 1 is 1.46 bits per heavy atom. The number of aromatic amines is 2. The van der Waals surface area contributed by atoms with Crippen LogP contribution in [-0.4, -0.2) is 20.2 Å². The number of rotatable bonds is 1. The SMILES string of the molecule is Cc1cc(=O)[nH]c(-c2ccn[nH]2)n1. The van der Waals surface area contributed by atoms with Gasteiger partial charge in [-0.05, 0) is 13.0 Å². The number of hydrogen-bond donors (Lipinski definition) is 2. The van der Waals surface area contributed by atoms with Crippen LogP contribution in [0.3, 0.4) is 0 Å². The zero-order valence-corrected chi connectivity index (χ0v) is 7.03. The molecule has 0 aromatic carbocycles. The maximum Gasteiger partial charge on any atom is 0.251 e. The Kier molecular flexibility index (Phi) is 1.70. The Balaban J connectivity index is 2.59. The second-order valence-corrected chi connectivity index (χ2v) is 2.71. The highest BCUT2D eigenvalue weighted by molar-refractivity contribution is 5.47. The summed E-state index contributed by atoms with van der Waals surface area (Å²) in [5.41, 5.74) is 1.24. The summed E-state index contributed by atoms with van der Waals surface area (Å²) in [5, 5.41) is 6.50. The standard InChI is InChI=1S/C8H8N4O/c1-5-4-7(13)11-8(10-5)6-2-3-9-12-6/h2-4H,1H3,(H,9,12)(H,10,11,13). The molecule has 0 amide bonds. The average Bonchev–Trinajstić information content (AvgIpc) is 2.53. The molecule has 5 heteroatoms. The summed E-state index contributed by atoms with van der Waals surface area (Å²) in [6.45, 7) is 1.77. The maximum absolute atomic E-state index is 11.1. The molecule has 0 saturated carbocycles. The second-order valence-electron chi connectivity index (χ2n) is 2.71. The van der Waals surface area contributed by atoms with Crippen LogP contribution in [0.15, 0.2) is 23.1 Å². The molecule has 0 atom stereocenters. The first-order valence-corrected chi connectivity index (χ1v) is 3.83. The van der Waals surface area contributed by atoms with Gasteiger partial charge in [0.1, 0.15) is 5.69 Å². The third-order valence-electron chi connectivity index (χ3n) is 1.63. The summed E-state index contributed by atoms with van der Waals surface area (Å²) in [5.74, 6) is 0.516. The van der Waals surface area contributed by atoms with E-state index in [-0.39, 0.29) is 5.56 Å². The van der Waals surface area contributed by atoms with Crippen molar-refractivity contribution in [2.75, 3.05) is 0 Å². The van der Waals surface area contributed by atoms with E-state index < -0.39 is 0 Å². The first-order valence-electron chi connectivity index (χ1n) is 3.83. The lowest BCUT2D eigenvalue weighted by Crippen LogP contribution is -2.08. The van der Waals surface area contributed by atoms with Crippen molar-refractivity contribution in [1.29, 1.82) is 0 Å². The Labute approximate surface area is 73.9 Å². The predicted octanol–water partition coefficient (Wildman–Crippen LogP) is 0.468. The van der Waals surface area contributed by atoms with Crippen LogP contribution in [0.1, 0.15) is 5.69 Å². The zero-order chi connectivity index (χ0) is 9.26. The van der Waals surface area contributed by atoms with Gasteiger partial charge < -0.3 is 4.98 Å². The smallest absolute Gasteiger partial charge is 0.251 e. The molecule has 0 saturated heterocycles. The van der Waals surface area contributed by atoms with E-state index in [1.165, 1.54) is 6.07 Å². The summed E-state index contributed by atoms with van der Waals surface area (Å²) < 4.78 is 0. The van der Waals surface area contributed by atoms with Crippen molar-refractivity contribution >= 4 is 0 Å². The third-order valence-corrected chi connectivity index (χ3v) is 1.63. The quantitative estimate of drug-likeness (QED) is 0.663. The number of aryl methyl sites for hydroxylation is 1. The molecule has 0 aliphatic heterocycles. The monoisotopic (exact) mass is 176 g/mol. The molecule has 2 rings (SSSR count). The molecule has 0 bridgehead atoms. The van der Waals surface area contributed by atoms with Crippen molar-refractivity contribution in [1.82, 2.24) is 20.2 Å². The van der Waals surface area contributed by atoms with Crippen LogP contribution in [-0.2, 0) is 0 Å². The minimum atomic E-state index is -0.155. The number of nitrogens with one attached hydrogen (secondary N) is 2. The van der Waals surface area contributed by atoms with Gasteiger partial charge in [0.25, 0.3) is 5.56 Å². The lowest BCUT2D eigenvalue weighted by Gasteiger charge is -1.96. The average molecular weight is 176 g/mol. The van der Waals surface area contributed by atoms with E-state index in [9.17, 15) is 4.79 Å². The molecule has 13 heavy (non-hydrogen) atoms. The van der Waals surface area contributed by atoms with Crippen LogP contribution < -0.4 is 5.56 Å². The molecule has 0 spiro atoms. The molecule has 0 radical (unpaired) electrons. The fraction of sp³-hybridized carbons (Fsp3) is 0.125. The summed E-state index contributed by atoms with van der Waals surface area (Å²) >= 11 is 0. The molecule has 0 fully saturated rings. The van der Waals surface area contributed by atoms with Gasteiger partial charge in [-0.25, -0.2) is 4.98 Å².